The Morgan fingerprint density at radius 2 is 1.91 bits per heavy atom. The van der Waals surface area contributed by atoms with Crippen LogP contribution in [0.1, 0.15) is 84.5 Å². The van der Waals surface area contributed by atoms with E-state index in [-0.39, 0.29) is 42.8 Å². The second-order valence-corrected chi connectivity index (χ2v) is 8.84. The van der Waals surface area contributed by atoms with Gasteiger partial charge in [0.1, 0.15) is 5.78 Å². The zero-order valence-corrected chi connectivity index (χ0v) is 19.4. The number of allylic oxidation sites excluding steroid dienone is 3. The Balaban J connectivity index is 2.34. The van der Waals surface area contributed by atoms with Crippen LogP contribution in [0.3, 0.4) is 0 Å². The highest BCUT2D eigenvalue weighted by atomic mass is 16.5. The smallest absolute Gasteiger partial charge is 0.311 e. The molecule has 0 aromatic heterocycles. The molecule has 32 heavy (non-hydrogen) atoms. The molecule has 1 fully saturated rings. The summed E-state index contributed by atoms with van der Waals surface area (Å²) in [4.78, 5) is 34.0. The average Bonchev–Trinajstić information content (AvgIpc) is 3.02. The fourth-order valence-corrected chi connectivity index (χ4v) is 4.21. The predicted molar refractivity (Wildman–Crippen MR) is 122 cm³/mol. The van der Waals surface area contributed by atoms with Gasteiger partial charge in [-0.3, -0.25) is 14.4 Å². The van der Waals surface area contributed by atoms with Crippen molar-refractivity contribution in [3.8, 4) is 0 Å². The molecule has 0 amide bonds. The Labute approximate surface area is 191 Å². The van der Waals surface area contributed by atoms with Crippen LogP contribution >= 0.6 is 0 Å². The van der Waals surface area contributed by atoms with E-state index < -0.39 is 24.1 Å². The highest BCUT2D eigenvalue weighted by Crippen LogP contribution is 2.37. The van der Waals surface area contributed by atoms with Crippen LogP contribution in [0.5, 0.6) is 0 Å². The summed E-state index contributed by atoms with van der Waals surface area (Å²) in [6.07, 6.45) is 12.0. The molecule has 7 nitrogen and oxygen atoms in total. The lowest BCUT2D eigenvalue weighted by Crippen LogP contribution is -2.25. The first-order valence-electron chi connectivity index (χ1n) is 11.9. The third-order valence-electron chi connectivity index (χ3n) is 6.25. The minimum absolute atomic E-state index is 0.0791. The van der Waals surface area contributed by atoms with Gasteiger partial charge < -0.3 is 20.1 Å². The lowest BCUT2D eigenvalue weighted by Gasteiger charge is -2.24. The van der Waals surface area contributed by atoms with Crippen LogP contribution < -0.4 is 0 Å². The summed E-state index contributed by atoms with van der Waals surface area (Å²) in [6.45, 7) is 4.20. The van der Waals surface area contributed by atoms with E-state index in [9.17, 15) is 24.6 Å². The van der Waals surface area contributed by atoms with Gasteiger partial charge in [0.15, 0.2) is 0 Å². The van der Waals surface area contributed by atoms with Gasteiger partial charge in [-0.05, 0) is 56.4 Å². The molecular formula is C25H40O7. The van der Waals surface area contributed by atoms with Crippen molar-refractivity contribution >= 4 is 17.7 Å². The van der Waals surface area contributed by atoms with Gasteiger partial charge >= 0.3 is 11.9 Å². The number of hydrogen-bond acceptors (Lipinski definition) is 6. The second kappa shape index (κ2) is 15.8. The van der Waals surface area contributed by atoms with Gasteiger partial charge in [-0.25, -0.2) is 0 Å². The van der Waals surface area contributed by atoms with E-state index in [2.05, 4.69) is 13.8 Å². The molecule has 0 bridgehead atoms. The van der Waals surface area contributed by atoms with E-state index in [1.54, 1.807) is 12.2 Å². The fraction of sp³-hybridized carbons (Fsp3) is 0.720. The number of Topliss-reactive ketones (excluding diaryl/α,β-unsaturated/α-hetero) is 1. The topological polar surface area (TPSA) is 121 Å². The van der Waals surface area contributed by atoms with Crippen LogP contribution in [0.2, 0.25) is 0 Å². The molecule has 0 heterocycles. The van der Waals surface area contributed by atoms with E-state index in [0.29, 0.717) is 19.3 Å². The van der Waals surface area contributed by atoms with Crippen molar-refractivity contribution in [2.75, 3.05) is 0 Å². The molecule has 7 heteroatoms. The van der Waals surface area contributed by atoms with Crippen molar-refractivity contribution < 1.29 is 34.4 Å². The Hall–Kier alpha value is -1.99. The van der Waals surface area contributed by atoms with Crippen LogP contribution in [0.4, 0.5) is 0 Å². The Kier molecular flexibility index (Phi) is 13.8. The Morgan fingerprint density at radius 1 is 1.16 bits per heavy atom. The van der Waals surface area contributed by atoms with Gasteiger partial charge in [0.25, 0.3) is 0 Å². The normalized spacial score (nSPS) is 23.1. The molecule has 182 valence electrons. The summed E-state index contributed by atoms with van der Waals surface area (Å²) in [6, 6.07) is 0. The molecule has 0 aromatic carbocycles. The zero-order valence-electron chi connectivity index (χ0n) is 19.4. The standard InChI is InChI=1S/C25H40O7/c1-3-4-10-18(2)21(26)13-12-20-19(22(27)17-23(20)28)11-8-6-5-7-9-16-32-25(31)15-14-24(29)30/h5,7,9,16,18-21,23,26,28H,3-4,6,8,10-15,17H2,1-2H3,(H,29,30)/b7-5+,16-9+/t18?,19-,20-,21+,23-/m1/s1. The number of carboxylic acid groups (broad SMARTS) is 1. The lowest BCUT2D eigenvalue weighted by molar-refractivity contribution is -0.144. The van der Waals surface area contributed by atoms with E-state index in [1.165, 1.54) is 6.26 Å². The molecule has 5 atom stereocenters. The Morgan fingerprint density at radius 3 is 2.59 bits per heavy atom. The SMILES string of the molecule is CCCCC(C)[C@@H](O)CC[C@H]1[C@H](O)CC(=O)[C@@H]1CCC/C=C/C=C/OC(=O)CCC(=O)O. The first kappa shape index (κ1) is 28.0. The molecule has 0 spiro atoms. The second-order valence-electron chi connectivity index (χ2n) is 8.84. The number of unbranched alkanes of at least 4 members (excludes halogenated alkanes) is 2. The summed E-state index contributed by atoms with van der Waals surface area (Å²) in [5.74, 6) is -1.51. The molecule has 1 rings (SSSR count). The predicted octanol–water partition coefficient (Wildman–Crippen LogP) is 4.17. The first-order valence-corrected chi connectivity index (χ1v) is 11.9. The summed E-state index contributed by atoms with van der Waals surface area (Å²) >= 11 is 0. The first-order chi connectivity index (χ1) is 15.3. The number of carbonyl (C=O) groups is 3. The molecule has 0 aliphatic heterocycles. The number of ether oxygens (including phenoxy) is 1. The number of carbonyl (C=O) groups excluding carboxylic acids is 2. The quantitative estimate of drug-likeness (QED) is 0.139. The molecule has 0 radical (unpaired) electrons. The monoisotopic (exact) mass is 452 g/mol. The summed E-state index contributed by atoms with van der Waals surface area (Å²) < 4.78 is 4.78. The van der Waals surface area contributed by atoms with Gasteiger partial charge in [0.05, 0.1) is 31.3 Å². The fourth-order valence-electron chi connectivity index (χ4n) is 4.21. The molecule has 3 N–H and O–H groups in total. The number of ketones is 1. The highest BCUT2D eigenvalue weighted by molar-refractivity contribution is 5.84. The molecule has 0 saturated heterocycles. The number of esters is 1. The summed E-state index contributed by atoms with van der Waals surface area (Å²) in [7, 11) is 0. The third kappa shape index (κ3) is 11.0. The molecule has 1 saturated carbocycles. The largest absolute Gasteiger partial charge is 0.481 e. The average molecular weight is 453 g/mol. The van der Waals surface area contributed by atoms with Gasteiger partial charge in [0, 0.05) is 12.3 Å². The lowest BCUT2D eigenvalue weighted by atomic mass is 9.84. The van der Waals surface area contributed by atoms with E-state index in [0.717, 1.165) is 32.1 Å². The number of rotatable bonds is 16. The van der Waals surface area contributed by atoms with Gasteiger partial charge in [-0.2, -0.15) is 0 Å². The van der Waals surface area contributed by atoms with Gasteiger partial charge in [0.2, 0.25) is 0 Å². The highest BCUT2D eigenvalue weighted by Gasteiger charge is 2.40. The number of aliphatic carboxylic acids is 1. The minimum Gasteiger partial charge on any atom is -0.481 e. The van der Waals surface area contributed by atoms with Crippen molar-refractivity contribution in [3.05, 3.63) is 24.5 Å². The number of hydrogen-bond donors (Lipinski definition) is 3. The van der Waals surface area contributed by atoms with E-state index in [1.807, 2.05) is 6.08 Å². The minimum atomic E-state index is -1.04. The van der Waals surface area contributed by atoms with Crippen LogP contribution in [-0.2, 0) is 19.1 Å². The number of carboxylic acids is 1. The van der Waals surface area contributed by atoms with E-state index in [4.69, 9.17) is 9.84 Å². The molecule has 1 aliphatic carbocycles. The van der Waals surface area contributed by atoms with Crippen LogP contribution in [0.25, 0.3) is 0 Å². The van der Waals surface area contributed by atoms with E-state index >= 15 is 0 Å². The van der Waals surface area contributed by atoms with Crippen molar-refractivity contribution in [2.24, 2.45) is 17.8 Å². The van der Waals surface area contributed by atoms with Gasteiger partial charge in [-0.1, -0.05) is 38.8 Å². The molecular weight excluding hydrogens is 412 g/mol. The summed E-state index contributed by atoms with van der Waals surface area (Å²) in [5.41, 5.74) is 0. The Bertz CT molecular complexity index is 640. The molecule has 1 aliphatic rings. The number of aliphatic hydroxyl groups is 2. The third-order valence-corrected chi connectivity index (χ3v) is 6.25. The van der Waals surface area contributed by atoms with Crippen molar-refractivity contribution in [1.82, 2.24) is 0 Å². The molecule has 1 unspecified atom stereocenters. The van der Waals surface area contributed by atoms with Crippen LogP contribution in [-0.4, -0.2) is 45.2 Å². The maximum absolute atomic E-state index is 12.3. The van der Waals surface area contributed by atoms with Crippen molar-refractivity contribution in [3.63, 3.8) is 0 Å². The molecule has 0 aromatic rings. The maximum atomic E-state index is 12.3. The summed E-state index contributed by atoms with van der Waals surface area (Å²) in [5, 5.41) is 29.2. The van der Waals surface area contributed by atoms with Crippen LogP contribution in [0.15, 0.2) is 24.5 Å². The van der Waals surface area contributed by atoms with Crippen LogP contribution in [0, 0.1) is 17.8 Å². The zero-order chi connectivity index (χ0) is 23.9. The van der Waals surface area contributed by atoms with Gasteiger partial charge in [-0.15, -0.1) is 0 Å². The van der Waals surface area contributed by atoms with Crippen molar-refractivity contribution in [1.29, 1.82) is 0 Å². The van der Waals surface area contributed by atoms with Crippen molar-refractivity contribution in [2.45, 2.75) is 96.7 Å². The number of aliphatic hydroxyl groups excluding tert-OH is 2. The maximum Gasteiger partial charge on any atom is 0.311 e.